The quantitative estimate of drug-likeness (QED) is 0.783. The number of halogens is 2. The molecule has 0 fully saturated rings. The number of nitrogens with one attached hydrogen (secondary N) is 1. The average Bonchev–Trinajstić information content (AvgIpc) is 2.31. The van der Waals surface area contributed by atoms with Gasteiger partial charge in [0.05, 0.1) is 5.69 Å². The highest BCUT2D eigenvalue weighted by molar-refractivity contribution is 9.10. The second kappa shape index (κ2) is 5.80. The second-order valence-electron chi connectivity index (χ2n) is 4.19. The summed E-state index contributed by atoms with van der Waals surface area (Å²) in [5.41, 5.74) is 0.984. The van der Waals surface area contributed by atoms with E-state index in [0.717, 1.165) is 26.4 Å². The lowest BCUT2D eigenvalue weighted by Crippen LogP contribution is -2.02. The molecule has 0 saturated carbocycles. The van der Waals surface area contributed by atoms with Gasteiger partial charge >= 0.3 is 0 Å². The first-order chi connectivity index (χ1) is 8.56. The van der Waals surface area contributed by atoms with E-state index in [2.05, 4.69) is 61.0 Å². The maximum Gasteiger partial charge on any atom is 0.135 e. The second-order valence-corrected chi connectivity index (χ2v) is 5.86. The fraction of sp³-hybridized carbons (Fsp3) is 0.231. The molecule has 0 aliphatic rings. The van der Waals surface area contributed by atoms with Gasteiger partial charge in [-0.3, -0.25) is 0 Å². The highest BCUT2D eigenvalue weighted by Gasteiger charge is 2.07. The maximum atomic E-state index is 4.50. The minimum absolute atomic E-state index is 0.294. The Bertz CT molecular complexity index is 556. The van der Waals surface area contributed by atoms with E-state index in [-0.39, 0.29) is 0 Å². The van der Waals surface area contributed by atoms with Crippen molar-refractivity contribution in [3.05, 3.63) is 45.2 Å². The van der Waals surface area contributed by atoms with Crippen LogP contribution in [0.2, 0.25) is 0 Å². The van der Waals surface area contributed by atoms with Crippen molar-refractivity contribution < 1.29 is 0 Å². The maximum absolute atomic E-state index is 4.50. The third-order valence-electron chi connectivity index (χ3n) is 2.37. The molecule has 0 atom stereocenters. The summed E-state index contributed by atoms with van der Waals surface area (Å²) < 4.78 is 1.79. The minimum Gasteiger partial charge on any atom is -0.339 e. The highest BCUT2D eigenvalue weighted by atomic mass is 79.9. The van der Waals surface area contributed by atoms with Gasteiger partial charge in [0.25, 0.3) is 0 Å². The van der Waals surface area contributed by atoms with Gasteiger partial charge in [-0.1, -0.05) is 26.0 Å². The predicted molar refractivity (Wildman–Crippen MR) is 81.2 cm³/mol. The van der Waals surface area contributed by atoms with Crippen LogP contribution in [0.5, 0.6) is 0 Å². The summed E-state index contributed by atoms with van der Waals surface area (Å²) in [4.78, 5) is 8.85. The number of benzene rings is 1. The van der Waals surface area contributed by atoms with Gasteiger partial charge in [0.15, 0.2) is 0 Å². The van der Waals surface area contributed by atoms with Crippen LogP contribution in [0, 0.1) is 0 Å². The summed E-state index contributed by atoms with van der Waals surface area (Å²) >= 11 is 6.91. The van der Waals surface area contributed by atoms with E-state index in [0.29, 0.717) is 5.92 Å². The van der Waals surface area contributed by atoms with E-state index in [1.54, 1.807) is 0 Å². The summed E-state index contributed by atoms with van der Waals surface area (Å²) in [5.74, 6) is 1.90. The van der Waals surface area contributed by atoms with Crippen LogP contribution in [0.3, 0.4) is 0 Å². The zero-order valence-electron chi connectivity index (χ0n) is 10.1. The first-order valence-electron chi connectivity index (χ1n) is 5.62. The third-order valence-corrected chi connectivity index (χ3v) is 3.46. The molecule has 2 aromatic rings. The van der Waals surface area contributed by atoms with Crippen LogP contribution >= 0.6 is 31.9 Å². The zero-order valence-corrected chi connectivity index (χ0v) is 13.3. The number of hydrogen-bond acceptors (Lipinski definition) is 3. The van der Waals surface area contributed by atoms with Crippen molar-refractivity contribution in [1.82, 2.24) is 9.97 Å². The van der Waals surface area contributed by atoms with Crippen LogP contribution in [0.1, 0.15) is 25.6 Å². The Balaban J connectivity index is 2.32. The molecule has 2 rings (SSSR count). The fourth-order valence-corrected chi connectivity index (χ4v) is 2.24. The van der Waals surface area contributed by atoms with E-state index in [9.17, 15) is 0 Å². The van der Waals surface area contributed by atoms with Gasteiger partial charge in [-0.25, -0.2) is 9.97 Å². The number of rotatable bonds is 3. The molecule has 0 unspecified atom stereocenters. The largest absolute Gasteiger partial charge is 0.339 e. The Labute approximate surface area is 123 Å². The molecule has 0 amide bonds. The number of nitrogens with zero attached hydrogens (tertiary/aromatic N) is 2. The van der Waals surface area contributed by atoms with Gasteiger partial charge in [0.1, 0.15) is 16.2 Å². The molecule has 0 aliphatic carbocycles. The summed E-state index contributed by atoms with van der Waals surface area (Å²) in [6.07, 6.45) is 0. The molecule has 5 heteroatoms. The van der Waals surface area contributed by atoms with Crippen molar-refractivity contribution in [3.8, 4) is 0 Å². The molecule has 94 valence electrons. The molecule has 0 spiro atoms. The minimum atomic E-state index is 0.294. The Morgan fingerprint density at radius 3 is 2.50 bits per heavy atom. The first-order valence-corrected chi connectivity index (χ1v) is 7.21. The molecule has 1 N–H and O–H groups in total. The van der Waals surface area contributed by atoms with Crippen molar-refractivity contribution in [1.29, 1.82) is 0 Å². The summed E-state index contributed by atoms with van der Waals surface area (Å²) in [5, 5.41) is 3.28. The number of aromatic nitrogens is 2. The topological polar surface area (TPSA) is 37.8 Å². The lowest BCUT2D eigenvalue weighted by Gasteiger charge is -2.10. The van der Waals surface area contributed by atoms with Gasteiger partial charge in [-0.05, 0) is 44.0 Å². The van der Waals surface area contributed by atoms with Gasteiger partial charge < -0.3 is 5.32 Å². The van der Waals surface area contributed by atoms with Gasteiger partial charge in [-0.15, -0.1) is 0 Å². The normalized spacial score (nSPS) is 10.7. The van der Waals surface area contributed by atoms with E-state index in [4.69, 9.17) is 0 Å². The van der Waals surface area contributed by atoms with Gasteiger partial charge in [0, 0.05) is 16.5 Å². The van der Waals surface area contributed by atoms with Crippen LogP contribution in [0.4, 0.5) is 11.5 Å². The van der Waals surface area contributed by atoms with E-state index in [1.165, 1.54) is 0 Å². The Morgan fingerprint density at radius 2 is 1.83 bits per heavy atom. The predicted octanol–water partition coefficient (Wildman–Crippen LogP) is 4.87. The van der Waals surface area contributed by atoms with E-state index >= 15 is 0 Å². The monoisotopic (exact) mass is 369 g/mol. The van der Waals surface area contributed by atoms with E-state index in [1.807, 2.05) is 30.3 Å². The molecule has 1 heterocycles. The first kappa shape index (κ1) is 13.5. The molecular weight excluding hydrogens is 358 g/mol. The van der Waals surface area contributed by atoms with E-state index < -0.39 is 0 Å². The molecule has 0 bridgehead atoms. The van der Waals surface area contributed by atoms with Gasteiger partial charge in [0.2, 0.25) is 0 Å². The Kier molecular flexibility index (Phi) is 4.35. The smallest absolute Gasteiger partial charge is 0.135 e. The van der Waals surface area contributed by atoms with Crippen molar-refractivity contribution in [2.45, 2.75) is 19.8 Å². The lowest BCUT2D eigenvalue weighted by atomic mass is 10.2. The molecule has 3 nitrogen and oxygen atoms in total. The fourth-order valence-electron chi connectivity index (χ4n) is 1.46. The van der Waals surface area contributed by atoms with Crippen molar-refractivity contribution in [2.75, 3.05) is 5.32 Å². The van der Waals surface area contributed by atoms with Crippen molar-refractivity contribution >= 4 is 43.4 Å². The SMILES string of the molecule is CC(C)c1nc(Br)cc(Nc2ccccc2Br)n1. The van der Waals surface area contributed by atoms with Crippen LogP contribution < -0.4 is 5.32 Å². The molecule has 1 aromatic carbocycles. The Hall–Kier alpha value is -0.940. The number of hydrogen-bond donors (Lipinski definition) is 1. The molecule has 1 aromatic heterocycles. The van der Waals surface area contributed by atoms with Gasteiger partial charge in [-0.2, -0.15) is 0 Å². The molecule has 0 radical (unpaired) electrons. The highest BCUT2D eigenvalue weighted by Crippen LogP contribution is 2.26. The lowest BCUT2D eigenvalue weighted by molar-refractivity contribution is 0.771. The van der Waals surface area contributed by atoms with Crippen molar-refractivity contribution in [2.24, 2.45) is 0 Å². The number of anilines is 2. The summed E-state index contributed by atoms with van der Waals surface area (Å²) in [6, 6.07) is 9.81. The van der Waals surface area contributed by atoms with Crippen LogP contribution in [-0.2, 0) is 0 Å². The van der Waals surface area contributed by atoms with Crippen molar-refractivity contribution in [3.63, 3.8) is 0 Å². The third kappa shape index (κ3) is 3.29. The van der Waals surface area contributed by atoms with Crippen LogP contribution in [-0.4, -0.2) is 9.97 Å². The summed E-state index contributed by atoms with van der Waals surface area (Å²) in [7, 11) is 0. The summed E-state index contributed by atoms with van der Waals surface area (Å²) in [6.45, 7) is 4.15. The average molecular weight is 371 g/mol. The van der Waals surface area contributed by atoms with Crippen LogP contribution in [0.15, 0.2) is 39.4 Å². The Morgan fingerprint density at radius 1 is 1.11 bits per heavy atom. The standard InChI is InChI=1S/C13H13Br2N3/c1-8(2)13-17-11(15)7-12(18-13)16-10-6-4-3-5-9(10)14/h3-8H,1-2H3,(H,16,17,18). The molecule has 0 aliphatic heterocycles. The van der Waals surface area contributed by atoms with Crippen LogP contribution in [0.25, 0.3) is 0 Å². The zero-order chi connectivity index (χ0) is 13.1. The molecule has 18 heavy (non-hydrogen) atoms. The molecular formula is C13H13Br2N3. The molecule has 0 saturated heterocycles. The number of para-hydroxylation sites is 1.